The maximum absolute atomic E-state index is 4.35. The average Bonchev–Trinajstić information content (AvgIpc) is 0.786. The quantitative estimate of drug-likeness (QED) is 0.0844. The van der Waals surface area contributed by atoms with Crippen LogP contribution in [-0.4, -0.2) is 20.3 Å². The molecule has 0 bridgehead atoms. The number of para-hydroxylation sites is 2. The molecular formula is C93H66N3+. The van der Waals surface area contributed by atoms with Crippen LogP contribution in [-0.2, 0) is 5.41 Å². The van der Waals surface area contributed by atoms with Crippen molar-refractivity contribution in [3.63, 3.8) is 0 Å². The van der Waals surface area contributed by atoms with Gasteiger partial charge < -0.3 is 4.57 Å². The Morgan fingerprint density at radius 2 is 0.875 bits per heavy atom. The summed E-state index contributed by atoms with van der Waals surface area (Å²) in [6.45, 7) is 6.90. The van der Waals surface area contributed by atoms with Gasteiger partial charge in [0.05, 0.1) is 11.0 Å². The second kappa shape index (κ2) is 22.9. The van der Waals surface area contributed by atoms with Gasteiger partial charge in [-0.3, -0.25) is 4.98 Å². The van der Waals surface area contributed by atoms with Gasteiger partial charge in [-0.15, -0.1) is 0 Å². The fraction of sp³-hybridized carbons (Fsp3) is 0.0538. The zero-order valence-corrected chi connectivity index (χ0v) is 53.8. The van der Waals surface area contributed by atoms with Crippen molar-refractivity contribution >= 4 is 98.3 Å². The molecule has 0 radical (unpaired) electrons. The van der Waals surface area contributed by atoms with Gasteiger partial charge in [0.25, 0.3) is 0 Å². The van der Waals surface area contributed by atoms with Gasteiger partial charge >= 0.3 is 0 Å². The van der Waals surface area contributed by atoms with Gasteiger partial charge in [0.1, 0.15) is 0 Å². The molecule has 0 N–H and O–H groups in total. The molecule has 0 amide bonds. The number of hydrogen-bond donors (Lipinski definition) is 0. The van der Waals surface area contributed by atoms with E-state index in [2.05, 4.69) is 357 Å². The van der Waals surface area contributed by atoms with Crippen molar-refractivity contribution in [1.82, 2.24) is 9.55 Å². The first-order valence-electron chi connectivity index (χ1n) is 33.4. The number of rotatable bonds is 8. The summed E-state index contributed by atoms with van der Waals surface area (Å²) in [7, 11) is 0. The Morgan fingerprint density at radius 1 is 0.344 bits per heavy atom. The third kappa shape index (κ3) is 9.57. The normalized spacial score (nSPS) is 13.1. The number of benzene rings is 16. The minimum atomic E-state index is 0.0596. The molecule has 3 nitrogen and oxygen atoms in total. The number of aromatic nitrogens is 2. The summed E-state index contributed by atoms with van der Waals surface area (Å²) in [5.74, 6) is 0. The largest absolute Gasteiger partial charge is 0.309 e. The number of hydrogen-bond acceptors (Lipinski definition) is 1. The lowest BCUT2D eigenvalue weighted by atomic mass is 9.81. The Balaban J connectivity index is 0.000000141. The van der Waals surface area contributed by atoms with Crippen molar-refractivity contribution in [3.05, 3.63) is 356 Å². The molecule has 96 heavy (non-hydrogen) atoms. The highest BCUT2D eigenvalue weighted by molar-refractivity contribution is 6.29. The third-order valence-corrected chi connectivity index (χ3v) is 20.2. The predicted octanol–water partition coefficient (Wildman–Crippen LogP) is 24.7. The van der Waals surface area contributed by atoms with Gasteiger partial charge in [0.15, 0.2) is 6.21 Å². The minimum Gasteiger partial charge on any atom is -0.309 e. The Morgan fingerprint density at radius 3 is 1.52 bits per heavy atom. The highest BCUT2D eigenvalue weighted by atomic mass is 15.1. The summed E-state index contributed by atoms with van der Waals surface area (Å²) in [6, 6.07) is 118. The fourth-order valence-electron chi connectivity index (χ4n) is 15.6. The molecule has 0 saturated carbocycles. The second-order valence-electron chi connectivity index (χ2n) is 26.8. The third-order valence-electron chi connectivity index (χ3n) is 20.2. The fourth-order valence-corrected chi connectivity index (χ4v) is 15.6. The molecule has 1 atom stereocenters. The maximum Gasteiger partial charge on any atom is 0.210 e. The van der Waals surface area contributed by atoms with E-state index in [1.807, 2.05) is 18.5 Å². The lowest BCUT2D eigenvalue weighted by Gasteiger charge is -2.23. The molecule has 18 aromatic rings. The van der Waals surface area contributed by atoms with Crippen LogP contribution in [0.15, 0.2) is 334 Å². The molecule has 2 aromatic heterocycles. The summed E-state index contributed by atoms with van der Waals surface area (Å²) < 4.78 is 4.83. The molecule has 0 spiro atoms. The molecule has 0 saturated heterocycles. The van der Waals surface area contributed by atoms with Gasteiger partial charge in [-0.25, -0.2) is 0 Å². The van der Waals surface area contributed by atoms with E-state index in [4.69, 9.17) is 0 Å². The van der Waals surface area contributed by atoms with Crippen LogP contribution >= 0.6 is 0 Å². The first-order chi connectivity index (χ1) is 47.3. The minimum absolute atomic E-state index is 0.0596. The summed E-state index contributed by atoms with van der Waals surface area (Å²) in [5.41, 5.74) is 22.3. The highest BCUT2D eigenvalue weighted by Gasteiger charge is 2.35. The van der Waals surface area contributed by atoms with Crippen LogP contribution in [0.1, 0.15) is 49.1 Å². The van der Waals surface area contributed by atoms with Gasteiger partial charge in [-0.2, -0.15) is 4.58 Å². The second-order valence-corrected chi connectivity index (χ2v) is 26.8. The van der Waals surface area contributed by atoms with E-state index in [0.717, 1.165) is 11.3 Å². The molecular weight excluding hydrogens is 1160 g/mol. The first-order valence-corrected chi connectivity index (χ1v) is 33.4. The van der Waals surface area contributed by atoms with Gasteiger partial charge in [-0.05, 0) is 192 Å². The summed E-state index contributed by atoms with van der Waals surface area (Å²) >= 11 is 0. The van der Waals surface area contributed by atoms with E-state index >= 15 is 0 Å². The van der Waals surface area contributed by atoms with Crippen LogP contribution in [0.25, 0.3) is 148 Å². The first kappa shape index (κ1) is 56.7. The van der Waals surface area contributed by atoms with Gasteiger partial charge in [0, 0.05) is 57.7 Å². The number of pyridine rings is 1. The molecule has 1 unspecified atom stereocenters. The lowest BCUT2D eigenvalue weighted by molar-refractivity contribution is -0.469. The van der Waals surface area contributed by atoms with E-state index in [1.165, 1.54) is 164 Å². The SMILES string of the molecule is C1=[N+](c2ccc(-c3c4ccccc4c(-c4ccc5ccccc5c4)c4ccccc34)cc2)C(c2ccccc2)c2ccccc21.CC(C)(C)c1cc2ccc3c(-c4ccc(-c5cccnc5)cc4)cc(-c4cccc(-n5c6ccccc6c6ccccc65)c4)c4ccc(c1)c2c34. The highest BCUT2D eigenvalue weighted by Crippen LogP contribution is 2.48. The zero-order chi connectivity index (χ0) is 64.0. The topological polar surface area (TPSA) is 20.8 Å². The molecule has 1 aliphatic heterocycles. The summed E-state index contributed by atoms with van der Waals surface area (Å²) in [4.78, 5) is 4.35. The average molecular weight is 1230 g/mol. The van der Waals surface area contributed by atoms with Crippen LogP contribution in [0.3, 0.4) is 0 Å². The molecule has 19 rings (SSSR count). The zero-order valence-electron chi connectivity index (χ0n) is 53.8. The van der Waals surface area contributed by atoms with E-state index < -0.39 is 0 Å². The smallest absolute Gasteiger partial charge is 0.210 e. The summed E-state index contributed by atoms with van der Waals surface area (Å²) in [5, 5.41) is 18.0. The Hall–Kier alpha value is -12.0. The number of fused-ring (bicyclic) bond motifs is 7. The Kier molecular flexibility index (Phi) is 13.5. The standard InChI is InChI=1S/C49H36N2.C44H30N/c1-49(2,3)37-26-34-21-23-41-43(32-19-17-31(18-20-32)36-11-9-25-50-30-36)29-44(42-24-22-35(27-37)47(34)48(41)42)33-10-8-12-38(28-33)51-45-15-6-4-13-39(45)40-14-5-7-16-46(40)51;1-2-13-32(14-3-1)44-37-17-7-6-16-35(37)29-45(44)36-26-24-31(25-27-36)42-38-18-8-10-20-40(38)43(41-21-11-9-19-39(41)42)34-23-22-30-12-4-5-15-33(30)28-34/h4-30H,1-3H3;1-29,44H/q;+1. The Bertz CT molecular complexity index is 5960. The van der Waals surface area contributed by atoms with Crippen molar-refractivity contribution < 1.29 is 4.58 Å². The van der Waals surface area contributed by atoms with E-state index in [9.17, 15) is 0 Å². The lowest BCUT2D eigenvalue weighted by Crippen LogP contribution is -2.11. The molecule has 3 heterocycles. The molecule has 3 heteroatoms. The van der Waals surface area contributed by atoms with Crippen molar-refractivity contribution in [2.45, 2.75) is 32.2 Å². The Labute approximate surface area is 558 Å². The van der Waals surface area contributed by atoms with E-state index in [0.29, 0.717) is 0 Å². The molecule has 1 aliphatic rings. The molecule has 452 valence electrons. The van der Waals surface area contributed by atoms with Crippen molar-refractivity contribution in [1.29, 1.82) is 0 Å². The van der Waals surface area contributed by atoms with Crippen LogP contribution in [0.5, 0.6) is 0 Å². The summed E-state index contributed by atoms with van der Waals surface area (Å²) in [6.07, 6.45) is 6.05. The van der Waals surface area contributed by atoms with Gasteiger partial charge in [0.2, 0.25) is 11.7 Å². The maximum atomic E-state index is 4.35. The molecule has 0 aliphatic carbocycles. The van der Waals surface area contributed by atoms with Crippen LogP contribution in [0.4, 0.5) is 5.69 Å². The van der Waals surface area contributed by atoms with Crippen molar-refractivity contribution in [3.8, 4) is 61.3 Å². The van der Waals surface area contributed by atoms with Crippen LogP contribution in [0, 0.1) is 0 Å². The van der Waals surface area contributed by atoms with Gasteiger partial charge in [-0.1, -0.05) is 269 Å². The number of nitrogens with zero attached hydrogens (tertiary/aromatic N) is 3. The van der Waals surface area contributed by atoms with Crippen LogP contribution in [0.2, 0.25) is 0 Å². The van der Waals surface area contributed by atoms with E-state index in [1.54, 1.807) is 0 Å². The van der Waals surface area contributed by atoms with Crippen molar-refractivity contribution in [2.75, 3.05) is 0 Å². The van der Waals surface area contributed by atoms with Crippen molar-refractivity contribution in [2.24, 2.45) is 0 Å². The van der Waals surface area contributed by atoms with E-state index in [-0.39, 0.29) is 11.5 Å². The molecule has 16 aromatic carbocycles. The predicted molar refractivity (Wildman–Crippen MR) is 407 cm³/mol. The monoisotopic (exact) mass is 1220 g/mol. The van der Waals surface area contributed by atoms with Crippen LogP contribution < -0.4 is 0 Å². The molecule has 0 fully saturated rings.